The maximum atomic E-state index is 12.2. The maximum Gasteiger partial charge on any atom is 0.530 e. The summed E-state index contributed by atoms with van der Waals surface area (Å²) in [4.78, 5) is 10.8. The molecule has 0 fully saturated rings. The van der Waals surface area contributed by atoms with Gasteiger partial charge in [-0.05, 0) is 38.0 Å². The van der Waals surface area contributed by atoms with Crippen LogP contribution in [0.5, 0.6) is 5.75 Å². The van der Waals surface area contributed by atoms with Gasteiger partial charge in [0, 0.05) is 6.42 Å². The Morgan fingerprint density at radius 2 is 1.61 bits per heavy atom. The molecule has 1 aromatic rings. The molecule has 0 atom stereocenters. The van der Waals surface area contributed by atoms with E-state index in [0.29, 0.717) is 5.56 Å². The Kier molecular flexibility index (Phi) is 7.25. The molecule has 0 saturated carbocycles. The lowest BCUT2D eigenvalue weighted by molar-refractivity contribution is -0.171. The summed E-state index contributed by atoms with van der Waals surface area (Å²) in [7, 11) is -3.71. The van der Waals surface area contributed by atoms with Crippen molar-refractivity contribution in [2.24, 2.45) is 0 Å². The summed E-state index contributed by atoms with van der Waals surface area (Å²) < 4.78 is 63.6. The van der Waals surface area contributed by atoms with Crippen LogP contribution in [0.2, 0.25) is 0 Å². The van der Waals surface area contributed by atoms with Crippen LogP contribution in [0.3, 0.4) is 0 Å². The van der Waals surface area contributed by atoms with Gasteiger partial charge >= 0.3 is 14.0 Å². The number of carbonyl (C=O) groups is 1. The molecular weight excluding hydrogens is 336 g/mol. The first kappa shape index (κ1) is 19.7. The molecule has 1 aromatic carbocycles. The molecule has 0 saturated heterocycles. The number of alkyl halides is 3. The van der Waals surface area contributed by atoms with E-state index in [9.17, 15) is 22.5 Å². The summed E-state index contributed by atoms with van der Waals surface area (Å²) >= 11 is 0. The number of ketones is 1. The van der Waals surface area contributed by atoms with Crippen molar-refractivity contribution in [3.8, 4) is 5.75 Å². The van der Waals surface area contributed by atoms with Crippen molar-refractivity contribution in [1.82, 2.24) is 0 Å². The van der Waals surface area contributed by atoms with E-state index in [0.717, 1.165) is 0 Å². The maximum absolute atomic E-state index is 12.2. The van der Waals surface area contributed by atoms with E-state index in [-0.39, 0.29) is 25.4 Å². The number of phosphoric acid groups is 1. The van der Waals surface area contributed by atoms with E-state index < -0.39 is 26.2 Å². The highest BCUT2D eigenvalue weighted by atomic mass is 31.2. The third-order valence-corrected chi connectivity index (χ3v) is 4.26. The first-order valence-electron chi connectivity index (χ1n) is 6.98. The second-order valence-electron chi connectivity index (χ2n) is 4.44. The van der Waals surface area contributed by atoms with Crippen molar-refractivity contribution in [2.45, 2.75) is 32.9 Å². The second kappa shape index (κ2) is 8.47. The Labute approximate surface area is 132 Å². The molecule has 0 aliphatic heterocycles. The quantitative estimate of drug-likeness (QED) is 0.619. The molecule has 0 radical (unpaired) electrons. The number of halogens is 3. The summed E-state index contributed by atoms with van der Waals surface area (Å²) in [5.41, 5.74) is 0.526. The Bertz CT molecular complexity index is 547. The average molecular weight is 354 g/mol. The zero-order chi connectivity index (χ0) is 17.5. The lowest BCUT2D eigenvalue weighted by atomic mass is 10.1. The molecule has 0 aromatic heterocycles. The zero-order valence-corrected chi connectivity index (χ0v) is 13.7. The standard InChI is InChI=1S/C14H18F3O5P/c1-3-20-23(19,21-4-2)22-12-8-5-11(6-9-12)7-10-13(18)14(15,16)17/h5-6,8-9H,3-4,7,10H2,1-2H3. The van der Waals surface area contributed by atoms with Gasteiger partial charge in [-0.15, -0.1) is 0 Å². The van der Waals surface area contributed by atoms with Gasteiger partial charge in [-0.3, -0.25) is 13.8 Å². The minimum atomic E-state index is -4.81. The average Bonchev–Trinajstić information content (AvgIpc) is 2.45. The van der Waals surface area contributed by atoms with Crippen molar-refractivity contribution in [3.05, 3.63) is 29.8 Å². The van der Waals surface area contributed by atoms with Crippen LogP contribution in [0.4, 0.5) is 13.2 Å². The molecule has 0 aliphatic rings. The van der Waals surface area contributed by atoms with Gasteiger partial charge < -0.3 is 4.52 Å². The molecule has 1 rings (SSSR count). The van der Waals surface area contributed by atoms with Crippen LogP contribution in [-0.4, -0.2) is 25.2 Å². The van der Waals surface area contributed by atoms with Gasteiger partial charge in [-0.2, -0.15) is 13.2 Å². The van der Waals surface area contributed by atoms with Gasteiger partial charge in [0.2, 0.25) is 5.78 Å². The van der Waals surface area contributed by atoms with Crippen molar-refractivity contribution in [3.63, 3.8) is 0 Å². The summed E-state index contributed by atoms with van der Waals surface area (Å²) in [6.07, 6.45) is -5.49. The topological polar surface area (TPSA) is 61.8 Å². The Morgan fingerprint density at radius 1 is 1.09 bits per heavy atom. The number of carbonyl (C=O) groups excluding carboxylic acids is 1. The minimum Gasteiger partial charge on any atom is -0.404 e. The van der Waals surface area contributed by atoms with Crippen molar-refractivity contribution in [1.29, 1.82) is 0 Å². The Balaban J connectivity index is 2.66. The monoisotopic (exact) mass is 354 g/mol. The fraction of sp³-hybridized carbons (Fsp3) is 0.500. The van der Waals surface area contributed by atoms with Crippen molar-refractivity contribution >= 4 is 13.6 Å². The number of rotatable bonds is 9. The van der Waals surface area contributed by atoms with E-state index in [2.05, 4.69) is 0 Å². The van der Waals surface area contributed by atoms with Gasteiger partial charge in [-0.1, -0.05) is 12.1 Å². The summed E-state index contributed by atoms with van der Waals surface area (Å²) in [5, 5.41) is 0. The summed E-state index contributed by atoms with van der Waals surface area (Å²) in [6.45, 7) is 3.54. The fourth-order valence-corrected chi connectivity index (χ4v) is 2.84. The van der Waals surface area contributed by atoms with Gasteiger partial charge in [0.15, 0.2) is 0 Å². The molecule has 0 N–H and O–H groups in total. The van der Waals surface area contributed by atoms with Crippen LogP contribution >= 0.6 is 7.82 Å². The third kappa shape index (κ3) is 6.72. The van der Waals surface area contributed by atoms with Gasteiger partial charge in [0.25, 0.3) is 0 Å². The second-order valence-corrected chi connectivity index (χ2v) is 6.03. The predicted molar refractivity (Wildman–Crippen MR) is 77.3 cm³/mol. The normalized spacial score (nSPS) is 12.2. The Hall–Kier alpha value is -1.37. The number of Topliss-reactive ketones (excluding diaryl/α,β-unsaturated/α-hetero) is 1. The van der Waals surface area contributed by atoms with E-state index in [1.54, 1.807) is 13.8 Å². The molecule has 0 unspecified atom stereocenters. The molecular formula is C14H18F3O5P. The molecule has 0 heterocycles. The predicted octanol–water partition coefficient (Wildman–Crippen LogP) is 4.31. The van der Waals surface area contributed by atoms with Crippen LogP contribution in [0, 0.1) is 0 Å². The molecule has 23 heavy (non-hydrogen) atoms. The number of phosphoric ester groups is 1. The van der Waals surface area contributed by atoms with Gasteiger partial charge in [0.1, 0.15) is 5.75 Å². The lowest BCUT2D eigenvalue weighted by Gasteiger charge is -2.17. The molecule has 9 heteroatoms. The fourth-order valence-electron chi connectivity index (χ4n) is 1.65. The summed E-state index contributed by atoms with van der Waals surface area (Å²) in [6, 6.07) is 5.83. The number of hydrogen-bond donors (Lipinski definition) is 0. The summed E-state index contributed by atoms with van der Waals surface area (Å²) in [5.74, 6) is -1.57. The van der Waals surface area contributed by atoms with E-state index in [1.165, 1.54) is 24.3 Å². The van der Waals surface area contributed by atoms with Gasteiger partial charge in [-0.25, -0.2) is 4.57 Å². The highest BCUT2D eigenvalue weighted by molar-refractivity contribution is 7.48. The highest BCUT2D eigenvalue weighted by Crippen LogP contribution is 2.49. The molecule has 0 amide bonds. The SMILES string of the molecule is CCOP(=O)(OCC)Oc1ccc(CCC(=O)C(F)(F)F)cc1. The van der Waals surface area contributed by atoms with Crippen LogP contribution < -0.4 is 4.52 Å². The third-order valence-electron chi connectivity index (χ3n) is 2.67. The van der Waals surface area contributed by atoms with E-state index >= 15 is 0 Å². The smallest absolute Gasteiger partial charge is 0.404 e. The number of hydrogen-bond acceptors (Lipinski definition) is 5. The number of aryl methyl sites for hydroxylation is 1. The van der Waals surface area contributed by atoms with Gasteiger partial charge in [0.05, 0.1) is 13.2 Å². The highest BCUT2D eigenvalue weighted by Gasteiger charge is 2.37. The molecule has 130 valence electrons. The number of benzene rings is 1. The van der Waals surface area contributed by atoms with Crippen molar-refractivity contribution < 1.29 is 36.1 Å². The van der Waals surface area contributed by atoms with Crippen LogP contribution in [-0.2, 0) is 24.8 Å². The first-order chi connectivity index (χ1) is 10.7. The Morgan fingerprint density at radius 3 is 2.04 bits per heavy atom. The van der Waals surface area contributed by atoms with E-state index in [4.69, 9.17) is 13.6 Å². The largest absolute Gasteiger partial charge is 0.530 e. The molecule has 0 bridgehead atoms. The molecule has 5 nitrogen and oxygen atoms in total. The zero-order valence-electron chi connectivity index (χ0n) is 12.8. The lowest BCUT2D eigenvalue weighted by Crippen LogP contribution is -2.22. The van der Waals surface area contributed by atoms with Crippen LogP contribution in [0.1, 0.15) is 25.8 Å². The molecule has 0 aliphatic carbocycles. The van der Waals surface area contributed by atoms with Crippen LogP contribution in [0.15, 0.2) is 24.3 Å². The van der Waals surface area contributed by atoms with E-state index in [1.807, 2.05) is 0 Å². The first-order valence-corrected chi connectivity index (χ1v) is 8.44. The van der Waals surface area contributed by atoms with Crippen molar-refractivity contribution in [2.75, 3.05) is 13.2 Å². The minimum absolute atomic E-state index is 0.0484. The molecule has 0 spiro atoms. The van der Waals surface area contributed by atoms with Crippen LogP contribution in [0.25, 0.3) is 0 Å².